The van der Waals surface area contributed by atoms with Crippen molar-refractivity contribution in [3.05, 3.63) is 47.8 Å². The predicted octanol–water partition coefficient (Wildman–Crippen LogP) is 3.93. The summed E-state index contributed by atoms with van der Waals surface area (Å²) in [5.74, 6) is 0.867. The Hall–Kier alpha value is -1.55. The minimum Gasteiger partial charge on any atom is -0.363 e. The molecule has 1 aromatic heterocycles. The number of nitrogens with one attached hydrogen (secondary N) is 1. The smallest absolute Gasteiger partial charge is 0.130 e. The quantitative estimate of drug-likeness (QED) is 0.661. The van der Waals surface area contributed by atoms with E-state index in [2.05, 4.69) is 53.4 Å². The van der Waals surface area contributed by atoms with Gasteiger partial charge in [0.1, 0.15) is 17.2 Å². The molecule has 0 saturated heterocycles. The molecule has 1 aromatic carbocycles. The van der Waals surface area contributed by atoms with Gasteiger partial charge >= 0.3 is 0 Å². The van der Waals surface area contributed by atoms with Crippen LogP contribution in [0.2, 0.25) is 0 Å². The standard InChI is InChI=1S/C15H19N3S/c1-4-12-5-7-13(8-6-12)11(2)18-14-9-15(19-3)17-10-16-14/h5-11H,4H2,1-3H3,(H,16,17,18). The summed E-state index contributed by atoms with van der Waals surface area (Å²) in [5, 5.41) is 4.38. The lowest BCUT2D eigenvalue weighted by Gasteiger charge is -2.15. The van der Waals surface area contributed by atoms with E-state index in [0.29, 0.717) is 0 Å². The highest BCUT2D eigenvalue weighted by Gasteiger charge is 2.06. The van der Waals surface area contributed by atoms with E-state index in [-0.39, 0.29) is 6.04 Å². The Morgan fingerprint density at radius 2 is 1.95 bits per heavy atom. The first-order valence-corrected chi connectivity index (χ1v) is 7.66. The summed E-state index contributed by atoms with van der Waals surface area (Å²) in [6.45, 7) is 4.31. The van der Waals surface area contributed by atoms with Crippen molar-refractivity contribution in [3.8, 4) is 0 Å². The van der Waals surface area contributed by atoms with Crippen molar-refractivity contribution in [1.82, 2.24) is 9.97 Å². The molecule has 1 atom stereocenters. The van der Waals surface area contributed by atoms with E-state index in [0.717, 1.165) is 17.3 Å². The number of hydrogen-bond donors (Lipinski definition) is 1. The van der Waals surface area contributed by atoms with Gasteiger partial charge in [0, 0.05) is 12.1 Å². The third kappa shape index (κ3) is 3.70. The molecule has 2 aromatic rings. The molecule has 0 aliphatic heterocycles. The zero-order valence-corrected chi connectivity index (χ0v) is 12.4. The molecular weight excluding hydrogens is 254 g/mol. The largest absolute Gasteiger partial charge is 0.363 e. The molecular formula is C15H19N3S. The van der Waals surface area contributed by atoms with Crippen LogP contribution in [0.15, 0.2) is 41.7 Å². The van der Waals surface area contributed by atoms with E-state index in [1.165, 1.54) is 11.1 Å². The molecule has 1 N–H and O–H groups in total. The maximum absolute atomic E-state index is 4.25. The molecule has 2 rings (SSSR count). The number of benzene rings is 1. The number of rotatable bonds is 5. The number of hydrogen-bond acceptors (Lipinski definition) is 4. The lowest BCUT2D eigenvalue weighted by atomic mass is 10.1. The summed E-state index contributed by atoms with van der Waals surface area (Å²) in [6.07, 6.45) is 4.69. The molecule has 0 aliphatic rings. The first kappa shape index (κ1) is 13.9. The molecule has 3 nitrogen and oxygen atoms in total. The second-order valence-corrected chi connectivity index (χ2v) is 5.23. The van der Waals surface area contributed by atoms with Crippen molar-refractivity contribution in [3.63, 3.8) is 0 Å². The lowest BCUT2D eigenvalue weighted by molar-refractivity contribution is 0.865. The van der Waals surface area contributed by atoms with Crippen molar-refractivity contribution < 1.29 is 0 Å². The van der Waals surface area contributed by atoms with Gasteiger partial charge in [0.25, 0.3) is 0 Å². The van der Waals surface area contributed by atoms with Crippen LogP contribution in [0.4, 0.5) is 5.82 Å². The minimum atomic E-state index is 0.232. The summed E-state index contributed by atoms with van der Waals surface area (Å²) >= 11 is 1.62. The highest BCUT2D eigenvalue weighted by Crippen LogP contribution is 2.20. The molecule has 0 bridgehead atoms. The number of aromatic nitrogens is 2. The van der Waals surface area contributed by atoms with Gasteiger partial charge in [-0.15, -0.1) is 11.8 Å². The fourth-order valence-corrected chi connectivity index (χ4v) is 2.26. The second-order valence-electron chi connectivity index (χ2n) is 4.41. The zero-order chi connectivity index (χ0) is 13.7. The Balaban J connectivity index is 2.08. The van der Waals surface area contributed by atoms with Crippen LogP contribution < -0.4 is 5.32 Å². The maximum Gasteiger partial charge on any atom is 0.130 e. The van der Waals surface area contributed by atoms with Gasteiger partial charge in [-0.1, -0.05) is 31.2 Å². The third-order valence-corrected chi connectivity index (χ3v) is 3.75. The van der Waals surface area contributed by atoms with Crippen LogP contribution in [0.5, 0.6) is 0 Å². The summed E-state index contributed by atoms with van der Waals surface area (Å²) in [6, 6.07) is 10.9. The fraction of sp³-hybridized carbons (Fsp3) is 0.333. The Kier molecular flexibility index (Phi) is 4.80. The molecule has 1 unspecified atom stereocenters. The molecule has 1 heterocycles. The van der Waals surface area contributed by atoms with Gasteiger partial charge in [0.05, 0.1) is 0 Å². The molecule has 19 heavy (non-hydrogen) atoms. The Bertz CT molecular complexity index is 525. The first-order chi connectivity index (χ1) is 9.22. The van der Waals surface area contributed by atoms with E-state index in [9.17, 15) is 0 Å². The average Bonchev–Trinajstić information content (AvgIpc) is 2.47. The van der Waals surface area contributed by atoms with Crippen molar-refractivity contribution in [2.75, 3.05) is 11.6 Å². The average molecular weight is 273 g/mol. The monoisotopic (exact) mass is 273 g/mol. The normalized spacial score (nSPS) is 12.2. The Morgan fingerprint density at radius 3 is 2.58 bits per heavy atom. The molecule has 0 spiro atoms. The molecule has 0 amide bonds. The van der Waals surface area contributed by atoms with Crippen molar-refractivity contribution >= 4 is 17.6 Å². The molecule has 4 heteroatoms. The summed E-state index contributed by atoms with van der Waals surface area (Å²) in [4.78, 5) is 8.42. The van der Waals surface area contributed by atoms with Crippen LogP contribution >= 0.6 is 11.8 Å². The van der Waals surface area contributed by atoms with Gasteiger partial charge in [-0.25, -0.2) is 9.97 Å². The SMILES string of the molecule is CCc1ccc(C(C)Nc2cc(SC)ncn2)cc1. The molecule has 0 fully saturated rings. The second kappa shape index (κ2) is 6.57. The van der Waals surface area contributed by atoms with Crippen LogP contribution in [0.1, 0.15) is 31.0 Å². The Morgan fingerprint density at radius 1 is 1.21 bits per heavy atom. The summed E-state index contributed by atoms with van der Waals surface area (Å²) < 4.78 is 0. The van der Waals surface area contributed by atoms with Gasteiger partial charge < -0.3 is 5.32 Å². The fourth-order valence-electron chi connectivity index (χ4n) is 1.88. The number of aryl methyl sites for hydroxylation is 1. The van der Waals surface area contributed by atoms with Crippen LogP contribution in [-0.2, 0) is 6.42 Å². The van der Waals surface area contributed by atoms with Gasteiger partial charge in [-0.3, -0.25) is 0 Å². The molecule has 0 aliphatic carbocycles. The van der Waals surface area contributed by atoms with E-state index in [4.69, 9.17) is 0 Å². The number of nitrogens with zero attached hydrogens (tertiary/aromatic N) is 2. The third-order valence-electron chi connectivity index (χ3n) is 3.10. The molecule has 100 valence electrons. The highest BCUT2D eigenvalue weighted by atomic mass is 32.2. The summed E-state index contributed by atoms with van der Waals surface area (Å²) in [7, 11) is 0. The maximum atomic E-state index is 4.25. The van der Waals surface area contributed by atoms with Crippen LogP contribution in [0.25, 0.3) is 0 Å². The number of thioether (sulfide) groups is 1. The lowest BCUT2D eigenvalue weighted by Crippen LogP contribution is -2.08. The van der Waals surface area contributed by atoms with E-state index < -0.39 is 0 Å². The van der Waals surface area contributed by atoms with Crippen molar-refractivity contribution in [2.24, 2.45) is 0 Å². The van der Waals surface area contributed by atoms with Crippen LogP contribution in [0, 0.1) is 0 Å². The van der Waals surface area contributed by atoms with Gasteiger partial charge in [-0.05, 0) is 30.7 Å². The van der Waals surface area contributed by atoms with E-state index >= 15 is 0 Å². The minimum absolute atomic E-state index is 0.232. The van der Waals surface area contributed by atoms with E-state index in [1.807, 2.05) is 12.3 Å². The summed E-state index contributed by atoms with van der Waals surface area (Å²) in [5.41, 5.74) is 2.63. The van der Waals surface area contributed by atoms with Crippen LogP contribution in [0.3, 0.4) is 0 Å². The highest BCUT2D eigenvalue weighted by molar-refractivity contribution is 7.98. The Labute approximate surface area is 118 Å². The van der Waals surface area contributed by atoms with Crippen molar-refractivity contribution in [1.29, 1.82) is 0 Å². The molecule has 0 radical (unpaired) electrons. The topological polar surface area (TPSA) is 37.8 Å². The van der Waals surface area contributed by atoms with Gasteiger partial charge in [-0.2, -0.15) is 0 Å². The van der Waals surface area contributed by atoms with E-state index in [1.54, 1.807) is 18.1 Å². The predicted molar refractivity (Wildman–Crippen MR) is 81.7 cm³/mol. The van der Waals surface area contributed by atoms with Crippen molar-refractivity contribution in [2.45, 2.75) is 31.3 Å². The van der Waals surface area contributed by atoms with Crippen LogP contribution in [-0.4, -0.2) is 16.2 Å². The van der Waals surface area contributed by atoms with Gasteiger partial charge in [0.2, 0.25) is 0 Å². The first-order valence-electron chi connectivity index (χ1n) is 6.44. The van der Waals surface area contributed by atoms with Gasteiger partial charge in [0.15, 0.2) is 0 Å². The molecule has 0 saturated carbocycles. The zero-order valence-electron chi connectivity index (χ0n) is 11.6. The number of anilines is 1.